The third-order valence-electron chi connectivity index (χ3n) is 6.41. The lowest BCUT2D eigenvalue weighted by atomic mass is 9.99. The van der Waals surface area contributed by atoms with Crippen LogP contribution in [0.15, 0.2) is 29.4 Å². The van der Waals surface area contributed by atoms with Crippen LogP contribution < -0.4 is 10.5 Å². The van der Waals surface area contributed by atoms with Crippen LogP contribution in [0, 0.1) is 11.3 Å². The minimum Gasteiger partial charge on any atom is -0.446 e. The molecule has 0 atom stereocenters. The predicted octanol–water partition coefficient (Wildman–Crippen LogP) is 6.71. The summed E-state index contributed by atoms with van der Waals surface area (Å²) in [6.45, 7) is -1.04. The lowest BCUT2D eigenvalue weighted by molar-refractivity contribution is -0.350. The van der Waals surface area contributed by atoms with Gasteiger partial charge in [-0.25, -0.2) is 23.8 Å². The highest BCUT2D eigenvalue weighted by atomic mass is 35.5. The molecule has 20 heteroatoms. The number of benzene rings is 1. The molecular formula is C26H22ClF9N6O4. The molecule has 0 bridgehead atoms. The van der Waals surface area contributed by atoms with Gasteiger partial charge in [-0.05, 0) is 44.4 Å². The normalized spacial score (nSPS) is 15.3. The second-order valence-corrected chi connectivity index (χ2v) is 10.4. The van der Waals surface area contributed by atoms with Gasteiger partial charge in [-0.1, -0.05) is 17.7 Å². The number of allylic oxidation sites excluding steroid dienone is 1. The lowest BCUT2D eigenvalue weighted by Crippen LogP contribution is -2.51. The molecule has 1 aromatic heterocycles. The zero-order valence-electron chi connectivity index (χ0n) is 23.7. The first-order chi connectivity index (χ1) is 21.1. The van der Waals surface area contributed by atoms with E-state index in [0.717, 1.165) is 18.3 Å². The van der Waals surface area contributed by atoms with Gasteiger partial charge in [-0.15, -0.1) is 0 Å². The molecule has 0 aliphatic heterocycles. The lowest BCUT2D eigenvalue weighted by Gasteiger charge is -2.28. The van der Waals surface area contributed by atoms with E-state index in [0.29, 0.717) is 18.2 Å². The average Bonchev–Trinajstić information content (AvgIpc) is 3.65. The maximum Gasteiger partial charge on any atom is 0.437 e. The molecule has 1 aliphatic rings. The number of ether oxygens (including phenoxy) is 2. The van der Waals surface area contributed by atoms with Gasteiger partial charge in [0.15, 0.2) is 17.3 Å². The second-order valence-electron chi connectivity index (χ2n) is 9.95. The van der Waals surface area contributed by atoms with E-state index in [4.69, 9.17) is 22.1 Å². The van der Waals surface area contributed by atoms with Crippen LogP contribution in [-0.2, 0) is 17.5 Å². The second kappa shape index (κ2) is 12.7. The number of carbonyl (C=O) groups excluding carboxylic acids is 2. The van der Waals surface area contributed by atoms with E-state index in [9.17, 15) is 54.4 Å². The molecule has 1 fully saturated rings. The molecule has 2 N–H and O–H groups in total. The first kappa shape index (κ1) is 36.0. The number of hydrogen-bond donors (Lipinski definition) is 1. The summed E-state index contributed by atoms with van der Waals surface area (Å²) in [6.07, 6.45) is -13.5. The summed E-state index contributed by atoms with van der Waals surface area (Å²) in [5, 5.41) is 12.2. The molecule has 2 aromatic rings. The Morgan fingerprint density at radius 3 is 2.22 bits per heavy atom. The first-order valence-corrected chi connectivity index (χ1v) is 13.1. The number of carbonyl (C=O) groups is 2. The Bertz CT molecular complexity index is 1590. The monoisotopic (exact) mass is 688 g/mol. The van der Waals surface area contributed by atoms with Crippen molar-refractivity contribution < 1.29 is 58.6 Å². The maximum atomic E-state index is 14.8. The van der Waals surface area contributed by atoms with Gasteiger partial charge >= 0.3 is 30.7 Å². The zero-order chi connectivity index (χ0) is 35.0. The van der Waals surface area contributed by atoms with E-state index in [1.807, 2.05) is 6.07 Å². The molecule has 0 spiro atoms. The van der Waals surface area contributed by atoms with E-state index in [1.165, 1.54) is 19.9 Å². The number of aliphatic imine (C=N–C) groups is 1. The molecule has 1 saturated carbocycles. The van der Waals surface area contributed by atoms with Crippen LogP contribution in [-0.4, -0.2) is 63.5 Å². The summed E-state index contributed by atoms with van der Waals surface area (Å²) in [4.78, 5) is 30.5. The van der Waals surface area contributed by atoms with Crippen molar-refractivity contribution in [2.45, 2.75) is 63.0 Å². The summed E-state index contributed by atoms with van der Waals surface area (Å²) in [7, 11) is 0.681. The molecule has 10 nitrogen and oxygen atoms in total. The summed E-state index contributed by atoms with van der Waals surface area (Å²) in [5.41, 5.74) is -5.39. The summed E-state index contributed by atoms with van der Waals surface area (Å²) >= 11 is 6.20. The van der Waals surface area contributed by atoms with Crippen molar-refractivity contribution in [1.82, 2.24) is 14.7 Å². The fourth-order valence-corrected chi connectivity index (χ4v) is 4.23. The van der Waals surface area contributed by atoms with Crippen LogP contribution in [0.25, 0.3) is 5.57 Å². The number of hydrogen-bond acceptors (Lipinski definition) is 8. The molecule has 3 rings (SSSR count). The van der Waals surface area contributed by atoms with Crippen LogP contribution >= 0.6 is 11.6 Å². The molecule has 46 heavy (non-hydrogen) atoms. The van der Waals surface area contributed by atoms with E-state index >= 15 is 0 Å². The number of rotatable bonds is 9. The van der Waals surface area contributed by atoms with Crippen LogP contribution in [0.1, 0.15) is 48.3 Å². The fraction of sp³-hybridized carbons (Fsp3) is 0.423. The summed E-state index contributed by atoms with van der Waals surface area (Å²) in [6, 6.07) is 5.32. The topological polar surface area (TPSA) is 136 Å². The van der Waals surface area contributed by atoms with Gasteiger partial charge in [-0.2, -0.15) is 45.5 Å². The van der Waals surface area contributed by atoms with Crippen molar-refractivity contribution in [2.24, 2.45) is 17.8 Å². The molecule has 250 valence electrons. The molecule has 1 heterocycles. The quantitative estimate of drug-likeness (QED) is 0.229. The smallest absolute Gasteiger partial charge is 0.437 e. The average molecular weight is 689 g/mol. The van der Waals surface area contributed by atoms with Crippen LogP contribution in [0.3, 0.4) is 0 Å². The van der Waals surface area contributed by atoms with Crippen molar-refractivity contribution in [3.8, 4) is 11.8 Å². The summed E-state index contributed by atoms with van der Waals surface area (Å²) < 4.78 is 131. The highest BCUT2D eigenvalue weighted by molar-refractivity contribution is 6.34. The van der Waals surface area contributed by atoms with Crippen molar-refractivity contribution in [3.05, 3.63) is 46.2 Å². The third-order valence-corrected chi connectivity index (χ3v) is 6.74. The van der Waals surface area contributed by atoms with Gasteiger partial charge in [0.25, 0.3) is 5.91 Å². The molecular weight excluding hydrogens is 667 g/mol. The Hall–Kier alpha value is -4.47. The minimum absolute atomic E-state index is 0.0536. The number of nitrogens with zero attached hydrogens (tertiary/aromatic N) is 5. The third kappa shape index (κ3) is 6.71. The number of aromatic nitrogens is 2. The molecule has 0 unspecified atom stereocenters. The summed E-state index contributed by atoms with van der Waals surface area (Å²) in [5.74, 6) is -4.24. The first-order valence-electron chi connectivity index (χ1n) is 12.7. The largest absolute Gasteiger partial charge is 0.446 e. The van der Waals surface area contributed by atoms with E-state index < -0.39 is 65.5 Å². The number of alkyl halides is 9. The van der Waals surface area contributed by atoms with Gasteiger partial charge in [0, 0.05) is 25.0 Å². The van der Waals surface area contributed by atoms with Gasteiger partial charge in [0.1, 0.15) is 5.54 Å². The molecule has 0 saturated heterocycles. The van der Waals surface area contributed by atoms with E-state index in [1.54, 1.807) is 0 Å². The van der Waals surface area contributed by atoms with Gasteiger partial charge < -0.3 is 15.2 Å². The van der Waals surface area contributed by atoms with Crippen molar-refractivity contribution >= 4 is 41.2 Å². The molecule has 1 aliphatic carbocycles. The minimum atomic E-state index is -6.71. The number of imide groups is 1. The number of nitriles is 1. The molecule has 1 aromatic carbocycles. The SMILES string of the molecule is CC(C)OC(=O)N(C(=O)c1cc(C(C=Nc2c(OC(F)F)c(C(F)(C(F)(F)F)C(F)(F)F)nn2C)=CN)ccc1Cl)C1(C#N)CC1. The number of amides is 2. The van der Waals surface area contributed by atoms with Crippen LogP contribution in [0.4, 0.5) is 50.1 Å². The highest BCUT2D eigenvalue weighted by Gasteiger charge is 2.76. The standard InChI is InChI=1S/C26H22ClF9N6O4/c1-12(2)45-22(44)42(23(11-38)6-7-23)20(43)15-8-13(4-5-16(15)27)14(9-37)10-39-19-17(46-21(28)29)18(40-41(19)3)24(30,25(31,32)33)26(34,35)36/h4-5,8-10,12,21H,6-7,37H2,1-3H3. The fourth-order valence-electron chi connectivity index (χ4n) is 4.03. The van der Waals surface area contributed by atoms with Crippen LogP contribution in [0.2, 0.25) is 5.02 Å². The Labute approximate surface area is 258 Å². The Kier molecular flexibility index (Phi) is 9.96. The van der Waals surface area contributed by atoms with Gasteiger partial charge in [-0.3, -0.25) is 4.79 Å². The predicted molar refractivity (Wildman–Crippen MR) is 142 cm³/mol. The molecule has 2 amide bonds. The van der Waals surface area contributed by atoms with Crippen molar-refractivity contribution in [1.29, 1.82) is 5.26 Å². The number of halogens is 10. The Morgan fingerprint density at radius 1 is 1.17 bits per heavy atom. The van der Waals surface area contributed by atoms with Gasteiger partial charge in [0.2, 0.25) is 0 Å². The zero-order valence-corrected chi connectivity index (χ0v) is 24.4. The Morgan fingerprint density at radius 2 is 1.76 bits per heavy atom. The van der Waals surface area contributed by atoms with Crippen molar-refractivity contribution in [3.63, 3.8) is 0 Å². The highest BCUT2D eigenvalue weighted by Crippen LogP contribution is 2.56. The van der Waals surface area contributed by atoms with E-state index in [2.05, 4.69) is 14.8 Å². The maximum absolute atomic E-state index is 14.8. The van der Waals surface area contributed by atoms with Crippen molar-refractivity contribution in [2.75, 3.05) is 0 Å². The number of nitrogens with two attached hydrogens (primary N) is 1. The number of aryl methyl sites for hydroxylation is 1. The van der Waals surface area contributed by atoms with Crippen LogP contribution in [0.5, 0.6) is 5.75 Å². The van der Waals surface area contributed by atoms with Gasteiger partial charge in [0.05, 0.1) is 22.8 Å². The van der Waals surface area contributed by atoms with E-state index in [-0.39, 0.29) is 39.2 Å². The molecule has 0 radical (unpaired) electrons. The Balaban J connectivity index is 2.11.